The summed E-state index contributed by atoms with van der Waals surface area (Å²) in [4.78, 5) is 10.1. The van der Waals surface area contributed by atoms with Crippen LogP contribution in [0.2, 0.25) is 0 Å². The molecule has 1 aromatic carbocycles. The van der Waals surface area contributed by atoms with Gasteiger partial charge in [-0.15, -0.1) is 0 Å². The Balaban J connectivity index is 2.91. The molecular weight excluding hydrogens is 213 g/mol. The van der Waals surface area contributed by atoms with Gasteiger partial charge in [-0.05, 0) is 17.7 Å². The highest BCUT2D eigenvalue weighted by Gasteiger charge is 2.38. The van der Waals surface area contributed by atoms with Crippen LogP contribution in [0.3, 0.4) is 0 Å². The van der Waals surface area contributed by atoms with Gasteiger partial charge in [-0.2, -0.15) is 8.78 Å². The summed E-state index contributed by atoms with van der Waals surface area (Å²) < 4.78 is 38.1. The summed E-state index contributed by atoms with van der Waals surface area (Å²) >= 11 is 0. The van der Waals surface area contributed by atoms with E-state index in [4.69, 9.17) is 10.2 Å². The normalized spacial score (nSPS) is 11.4. The number of hydrogen-bond acceptors (Lipinski definition) is 2. The second kappa shape index (κ2) is 3.80. The van der Waals surface area contributed by atoms with Gasteiger partial charge in [0.2, 0.25) is 0 Å². The summed E-state index contributed by atoms with van der Waals surface area (Å²) in [6.07, 6.45) is -1.11. The van der Waals surface area contributed by atoms with E-state index >= 15 is 0 Å². The third-order valence-electron chi connectivity index (χ3n) is 1.75. The number of halogens is 3. The zero-order valence-corrected chi connectivity index (χ0v) is 7.38. The lowest BCUT2D eigenvalue weighted by Crippen LogP contribution is -2.30. The Labute approximate surface area is 82.8 Å². The Morgan fingerprint density at radius 3 is 2.47 bits per heavy atom. The highest BCUT2D eigenvalue weighted by molar-refractivity contribution is 5.75. The molecule has 0 radical (unpaired) electrons. The van der Waals surface area contributed by atoms with E-state index in [1.165, 1.54) is 0 Å². The number of alkyl halides is 2. The van der Waals surface area contributed by atoms with Crippen molar-refractivity contribution < 1.29 is 28.2 Å². The molecule has 0 bridgehead atoms. The quantitative estimate of drug-likeness (QED) is 0.816. The van der Waals surface area contributed by atoms with Crippen molar-refractivity contribution in [1.29, 1.82) is 0 Å². The Bertz CT molecular complexity index is 390. The van der Waals surface area contributed by atoms with Gasteiger partial charge < -0.3 is 10.2 Å². The monoisotopic (exact) mass is 220 g/mol. The Morgan fingerprint density at radius 2 is 2.00 bits per heavy atom. The molecule has 0 saturated heterocycles. The van der Waals surface area contributed by atoms with Crippen LogP contribution in [0.4, 0.5) is 13.2 Å². The van der Waals surface area contributed by atoms with Crippen LogP contribution in [0.25, 0.3) is 0 Å². The Hall–Kier alpha value is -1.72. The van der Waals surface area contributed by atoms with Gasteiger partial charge in [-0.1, -0.05) is 6.07 Å². The molecule has 0 saturated carbocycles. The summed E-state index contributed by atoms with van der Waals surface area (Å²) in [5.74, 6) is -7.94. The maximum atomic E-state index is 12.7. The zero-order valence-electron chi connectivity index (χ0n) is 7.38. The van der Waals surface area contributed by atoms with E-state index in [1.54, 1.807) is 0 Å². The molecule has 0 aliphatic rings. The van der Waals surface area contributed by atoms with Crippen LogP contribution >= 0.6 is 0 Å². The number of benzene rings is 1. The van der Waals surface area contributed by atoms with Crippen molar-refractivity contribution in [2.45, 2.75) is 12.3 Å². The predicted molar refractivity (Wildman–Crippen MR) is 44.4 cm³/mol. The molecule has 82 valence electrons. The van der Waals surface area contributed by atoms with Crippen LogP contribution in [-0.4, -0.2) is 22.1 Å². The molecule has 0 aliphatic heterocycles. The van der Waals surface area contributed by atoms with Crippen LogP contribution in [0.1, 0.15) is 5.56 Å². The van der Waals surface area contributed by atoms with E-state index < -0.39 is 29.9 Å². The number of phenols is 1. The number of hydrogen-bond donors (Lipinski definition) is 2. The van der Waals surface area contributed by atoms with Crippen molar-refractivity contribution in [2.75, 3.05) is 0 Å². The number of aromatic hydroxyl groups is 1. The lowest BCUT2D eigenvalue weighted by molar-refractivity contribution is -0.164. The molecule has 0 unspecified atom stereocenters. The van der Waals surface area contributed by atoms with Crippen LogP contribution in [-0.2, 0) is 11.2 Å². The van der Waals surface area contributed by atoms with E-state index in [-0.39, 0.29) is 5.56 Å². The summed E-state index contributed by atoms with van der Waals surface area (Å²) in [6, 6.07) is 2.60. The molecule has 0 amide bonds. The lowest BCUT2D eigenvalue weighted by atomic mass is 10.1. The lowest BCUT2D eigenvalue weighted by Gasteiger charge is -2.10. The fraction of sp³-hybridized carbons (Fsp3) is 0.222. The summed E-state index contributed by atoms with van der Waals surface area (Å²) in [5.41, 5.74) is -0.197. The standard InChI is InChI=1S/C9H7F3O3/c10-6-3-5(1-2-7(6)13)4-9(11,12)8(14)15/h1-3,13H,4H2,(H,14,15). The van der Waals surface area contributed by atoms with Gasteiger partial charge in [0, 0.05) is 6.42 Å². The molecule has 1 aromatic rings. The third kappa shape index (κ3) is 2.61. The molecule has 0 atom stereocenters. The molecule has 15 heavy (non-hydrogen) atoms. The minimum atomic E-state index is -3.94. The van der Waals surface area contributed by atoms with Gasteiger partial charge in [0.1, 0.15) is 0 Å². The van der Waals surface area contributed by atoms with Gasteiger partial charge in [0.15, 0.2) is 11.6 Å². The fourth-order valence-corrected chi connectivity index (χ4v) is 0.992. The minimum absolute atomic E-state index is 0.197. The van der Waals surface area contributed by atoms with Crippen LogP contribution in [0.15, 0.2) is 18.2 Å². The molecule has 1 rings (SSSR count). The number of phenolic OH excluding ortho intramolecular Hbond substituents is 1. The Kier molecular flexibility index (Phi) is 2.88. The summed E-state index contributed by atoms with van der Waals surface area (Å²) in [5, 5.41) is 16.9. The minimum Gasteiger partial charge on any atom is -0.505 e. The van der Waals surface area contributed by atoms with Gasteiger partial charge in [-0.25, -0.2) is 9.18 Å². The second-order valence-corrected chi connectivity index (χ2v) is 2.97. The average Bonchev–Trinajstić information content (AvgIpc) is 2.10. The Morgan fingerprint density at radius 1 is 1.40 bits per heavy atom. The number of carboxylic acids is 1. The molecule has 0 aliphatic carbocycles. The zero-order chi connectivity index (χ0) is 11.6. The average molecular weight is 220 g/mol. The first kappa shape index (κ1) is 11.4. The molecule has 0 fully saturated rings. The van der Waals surface area contributed by atoms with Crippen molar-refractivity contribution in [3.8, 4) is 5.75 Å². The molecule has 3 nitrogen and oxygen atoms in total. The fourth-order valence-electron chi connectivity index (χ4n) is 0.992. The third-order valence-corrected chi connectivity index (χ3v) is 1.75. The van der Waals surface area contributed by atoms with Gasteiger partial charge >= 0.3 is 11.9 Å². The van der Waals surface area contributed by atoms with Crippen LogP contribution in [0, 0.1) is 5.82 Å². The topological polar surface area (TPSA) is 57.5 Å². The second-order valence-electron chi connectivity index (χ2n) is 2.97. The van der Waals surface area contributed by atoms with Gasteiger partial charge in [-0.3, -0.25) is 0 Å². The molecule has 0 aromatic heterocycles. The van der Waals surface area contributed by atoms with E-state index in [0.717, 1.165) is 12.1 Å². The summed E-state index contributed by atoms with van der Waals surface area (Å²) in [7, 11) is 0. The first-order valence-electron chi connectivity index (χ1n) is 3.91. The van der Waals surface area contributed by atoms with Crippen molar-refractivity contribution >= 4 is 5.97 Å². The first-order valence-corrected chi connectivity index (χ1v) is 3.91. The number of carbonyl (C=O) groups is 1. The van der Waals surface area contributed by atoms with Crippen molar-refractivity contribution in [1.82, 2.24) is 0 Å². The molecule has 2 N–H and O–H groups in total. The van der Waals surface area contributed by atoms with E-state index in [2.05, 4.69) is 0 Å². The maximum absolute atomic E-state index is 12.7. The van der Waals surface area contributed by atoms with Crippen molar-refractivity contribution in [3.05, 3.63) is 29.6 Å². The van der Waals surface area contributed by atoms with E-state index in [9.17, 15) is 18.0 Å². The maximum Gasteiger partial charge on any atom is 0.374 e. The smallest absolute Gasteiger partial charge is 0.374 e. The van der Waals surface area contributed by atoms with Crippen molar-refractivity contribution in [3.63, 3.8) is 0 Å². The van der Waals surface area contributed by atoms with Crippen molar-refractivity contribution in [2.24, 2.45) is 0 Å². The van der Waals surface area contributed by atoms with Gasteiger partial charge in [0.05, 0.1) is 0 Å². The van der Waals surface area contributed by atoms with Crippen LogP contribution < -0.4 is 0 Å². The number of rotatable bonds is 3. The first-order chi connectivity index (χ1) is 6.83. The number of carboxylic acid groups (broad SMARTS) is 1. The summed E-state index contributed by atoms with van der Waals surface area (Å²) in [6.45, 7) is 0. The highest BCUT2D eigenvalue weighted by atomic mass is 19.3. The molecule has 0 heterocycles. The number of aliphatic carboxylic acids is 1. The van der Waals surface area contributed by atoms with E-state index in [1.807, 2.05) is 0 Å². The molecule has 0 spiro atoms. The predicted octanol–water partition coefficient (Wildman–Crippen LogP) is 1.79. The van der Waals surface area contributed by atoms with Gasteiger partial charge in [0.25, 0.3) is 0 Å². The van der Waals surface area contributed by atoms with E-state index in [0.29, 0.717) is 6.07 Å². The highest BCUT2D eigenvalue weighted by Crippen LogP contribution is 2.23. The van der Waals surface area contributed by atoms with Crippen LogP contribution in [0.5, 0.6) is 5.75 Å². The SMILES string of the molecule is O=C(O)C(F)(F)Cc1ccc(O)c(F)c1. The molecule has 6 heteroatoms. The molecular formula is C9H7F3O3. The largest absolute Gasteiger partial charge is 0.505 e.